The summed E-state index contributed by atoms with van der Waals surface area (Å²) in [5.74, 6) is 0. The van der Waals surface area contributed by atoms with Crippen molar-refractivity contribution < 1.29 is 9.59 Å². The molecule has 150 valence electrons. The summed E-state index contributed by atoms with van der Waals surface area (Å²) in [5.41, 5.74) is 2.94. The third kappa shape index (κ3) is 19.7. The van der Waals surface area contributed by atoms with Crippen LogP contribution in [0.15, 0.2) is 23.3 Å². The van der Waals surface area contributed by atoms with E-state index in [1.165, 1.54) is 36.8 Å². The Labute approximate surface area is 170 Å². The van der Waals surface area contributed by atoms with Crippen molar-refractivity contribution in [1.82, 2.24) is 0 Å². The molecular formula is C22H36Cl2O2. The van der Waals surface area contributed by atoms with E-state index in [2.05, 4.69) is 26.0 Å². The maximum absolute atomic E-state index is 10.6. The van der Waals surface area contributed by atoms with Crippen LogP contribution in [0.5, 0.6) is 0 Å². The van der Waals surface area contributed by atoms with Crippen LogP contribution in [0.25, 0.3) is 0 Å². The van der Waals surface area contributed by atoms with E-state index >= 15 is 0 Å². The lowest BCUT2D eigenvalue weighted by atomic mass is 10.0. The van der Waals surface area contributed by atoms with Crippen molar-refractivity contribution in [2.75, 3.05) is 0 Å². The minimum Gasteiger partial charge on any atom is -0.281 e. The van der Waals surface area contributed by atoms with Crippen LogP contribution in [-0.2, 0) is 9.59 Å². The third-order valence-electron chi connectivity index (χ3n) is 4.54. The van der Waals surface area contributed by atoms with Gasteiger partial charge in [0.25, 0.3) is 0 Å². The molecule has 0 rings (SSSR count). The van der Waals surface area contributed by atoms with E-state index in [4.69, 9.17) is 23.2 Å². The summed E-state index contributed by atoms with van der Waals surface area (Å²) < 4.78 is 0. The van der Waals surface area contributed by atoms with Crippen molar-refractivity contribution in [3.63, 3.8) is 0 Å². The van der Waals surface area contributed by atoms with E-state index in [0.29, 0.717) is 12.8 Å². The molecule has 0 fully saturated rings. The van der Waals surface area contributed by atoms with Gasteiger partial charge in [0.2, 0.25) is 10.5 Å². The van der Waals surface area contributed by atoms with Gasteiger partial charge in [0, 0.05) is 12.8 Å². The Hall–Kier alpha value is -0.600. The normalized spacial score (nSPS) is 12.5. The number of allylic oxidation sites excluding steroid dienone is 4. The van der Waals surface area contributed by atoms with E-state index in [0.717, 1.165) is 51.4 Å². The summed E-state index contributed by atoms with van der Waals surface area (Å²) in [7, 11) is 0. The highest BCUT2D eigenvalue weighted by molar-refractivity contribution is 6.63. The van der Waals surface area contributed by atoms with E-state index in [1.807, 2.05) is 0 Å². The summed E-state index contributed by atoms with van der Waals surface area (Å²) in [6.45, 7) is 4.43. The Morgan fingerprint density at radius 2 is 0.885 bits per heavy atom. The van der Waals surface area contributed by atoms with Gasteiger partial charge in [-0.05, 0) is 88.4 Å². The van der Waals surface area contributed by atoms with Crippen molar-refractivity contribution in [3.8, 4) is 0 Å². The molecule has 0 N–H and O–H groups in total. The Morgan fingerprint density at radius 3 is 1.19 bits per heavy atom. The highest BCUT2D eigenvalue weighted by atomic mass is 35.5. The molecule has 0 bridgehead atoms. The van der Waals surface area contributed by atoms with Crippen molar-refractivity contribution in [2.45, 2.75) is 104 Å². The zero-order valence-electron chi connectivity index (χ0n) is 16.6. The van der Waals surface area contributed by atoms with Crippen molar-refractivity contribution in [1.29, 1.82) is 0 Å². The predicted octanol–water partition coefficient (Wildman–Crippen LogP) is 7.87. The number of rotatable bonds is 17. The largest absolute Gasteiger partial charge is 0.281 e. The highest BCUT2D eigenvalue weighted by Crippen LogP contribution is 2.14. The smallest absolute Gasteiger partial charge is 0.221 e. The van der Waals surface area contributed by atoms with Crippen LogP contribution in [0.4, 0.5) is 0 Å². The topological polar surface area (TPSA) is 34.1 Å². The molecule has 0 saturated heterocycles. The van der Waals surface area contributed by atoms with E-state index in [-0.39, 0.29) is 10.5 Å². The van der Waals surface area contributed by atoms with Crippen molar-refractivity contribution in [2.24, 2.45) is 0 Å². The van der Waals surface area contributed by atoms with Gasteiger partial charge in [-0.25, -0.2) is 0 Å². The molecule has 0 spiro atoms. The van der Waals surface area contributed by atoms with Crippen LogP contribution in [0.3, 0.4) is 0 Å². The summed E-state index contributed by atoms with van der Waals surface area (Å²) in [6, 6.07) is 0. The average molecular weight is 403 g/mol. The summed E-state index contributed by atoms with van der Waals surface area (Å²) >= 11 is 10.6. The van der Waals surface area contributed by atoms with Gasteiger partial charge < -0.3 is 0 Å². The molecular weight excluding hydrogens is 367 g/mol. The lowest BCUT2D eigenvalue weighted by Gasteiger charge is -2.03. The fourth-order valence-electron chi connectivity index (χ4n) is 2.91. The fourth-order valence-corrected chi connectivity index (χ4v) is 3.17. The van der Waals surface area contributed by atoms with Gasteiger partial charge in [-0.2, -0.15) is 0 Å². The first kappa shape index (κ1) is 25.4. The van der Waals surface area contributed by atoms with Crippen LogP contribution in [-0.4, -0.2) is 10.5 Å². The van der Waals surface area contributed by atoms with Gasteiger partial charge >= 0.3 is 0 Å². The third-order valence-corrected chi connectivity index (χ3v) is 4.92. The fraction of sp³-hybridized carbons (Fsp3) is 0.727. The SMILES string of the molecule is C/C(=C\CC/C=C(\C)CCCCCCC(=O)Cl)CCCCCCC(=O)Cl. The van der Waals surface area contributed by atoms with Gasteiger partial charge in [-0.1, -0.05) is 49.0 Å². The lowest BCUT2D eigenvalue weighted by Crippen LogP contribution is -1.87. The Bertz CT molecular complexity index is 411. The molecule has 0 aliphatic heterocycles. The number of carbonyl (C=O) groups excluding carboxylic acids is 2. The first-order chi connectivity index (χ1) is 12.4. The molecule has 0 saturated carbocycles. The van der Waals surface area contributed by atoms with Gasteiger partial charge in [-0.3, -0.25) is 9.59 Å². The Morgan fingerprint density at radius 1 is 0.577 bits per heavy atom. The molecule has 0 aromatic carbocycles. The van der Waals surface area contributed by atoms with Gasteiger partial charge in [0.05, 0.1) is 0 Å². The number of halogens is 2. The summed E-state index contributed by atoms with van der Waals surface area (Å²) in [6.07, 6.45) is 19.0. The molecule has 0 aliphatic rings. The molecule has 0 radical (unpaired) electrons. The molecule has 0 aliphatic carbocycles. The van der Waals surface area contributed by atoms with E-state index < -0.39 is 0 Å². The Balaban J connectivity index is 3.60. The highest BCUT2D eigenvalue weighted by Gasteiger charge is 1.98. The first-order valence-electron chi connectivity index (χ1n) is 10.1. The number of hydrogen-bond acceptors (Lipinski definition) is 2. The minimum absolute atomic E-state index is 0.216. The number of unbranched alkanes of at least 4 members (excludes halogenated alkanes) is 7. The van der Waals surface area contributed by atoms with Crippen molar-refractivity contribution in [3.05, 3.63) is 23.3 Å². The lowest BCUT2D eigenvalue weighted by molar-refractivity contribution is -0.112. The van der Waals surface area contributed by atoms with Gasteiger partial charge in [-0.15, -0.1) is 0 Å². The van der Waals surface area contributed by atoms with E-state index in [9.17, 15) is 9.59 Å². The maximum atomic E-state index is 10.6. The minimum atomic E-state index is -0.216. The van der Waals surface area contributed by atoms with Crippen LogP contribution < -0.4 is 0 Å². The molecule has 0 atom stereocenters. The summed E-state index contributed by atoms with van der Waals surface area (Å²) in [4.78, 5) is 21.3. The first-order valence-corrected chi connectivity index (χ1v) is 10.9. The van der Waals surface area contributed by atoms with Crippen molar-refractivity contribution >= 4 is 33.7 Å². The second-order valence-corrected chi connectivity index (χ2v) is 8.06. The number of hydrogen-bond donors (Lipinski definition) is 0. The number of carbonyl (C=O) groups is 2. The standard InChI is InChI=1S/C22H36Cl2O2/c1-19(13-7-3-5-9-17-21(23)25)15-11-12-16-20(2)14-8-4-6-10-18-22(24)26/h15-16H,3-14,17-18H2,1-2H3/b19-15+,20-16+. The van der Waals surface area contributed by atoms with E-state index in [1.54, 1.807) is 0 Å². The second kappa shape index (κ2) is 17.8. The zero-order valence-corrected chi connectivity index (χ0v) is 18.1. The molecule has 0 aromatic rings. The Kier molecular flexibility index (Phi) is 17.4. The average Bonchev–Trinajstić information content (AvgIpc) is 2.57. The van der Waals surface area contributed by atoms with Crippen LogP contribution >= 0.6 is 23.2 Å². The van der Waals surface area contributed by atoms with Gasteiger partial charge in [0.15, 0.2) is 0 Å². The summed E-state index contributed by atoms with van der Waals surface area (Å²) in [5, 5.41) is -0.431. The predicted molar refractivity (Wildman–Crippen MR) is 114 cm³/mol. The molecule has 0 amide bonds. The molecule has 0 aromatic heterocycles. The monoisotopic (exact) mass is 402 g/mol. The van der Waals surface area contributed by atoms with Gasteiger partial charge in [0.1, 0.15) is 0 Å². The zero-order chi connectivity index (χ0) is 19.6. The maximum Gasteiger partial charge on any atom is 0.221 e. The van der Waals surface area contributed by atoms with Crippen LogP contribution in [0.1, 0.15) is 104 Å². The molecule has 0 heterocycles. The quantitative estimate of drug-likeness (QED) is 0.141. The molecule has 0 unspecified atom stereocenters. The molecule has 26 heavy (non-hydrogen) atoms. The molecule has 2 nitrogen and oxygen atoms in total. The van der Waals surface area contributed by atoms with Crippen LogP contribution in [0, 0.1) is 0 Å². The second-order valence-electron chi connectivity index (χ2n) is 7.22. The van der Waals surface area contributed by atoms with Crippen LogP contribution in [0.2, 0.25) is 0 Å². The molecule has 4 heteroatoms.